The van der Waals surface area contributed by atoms with Gasteiger partial charge in [-0.3, -0.25) is 0 Å². The Kier molecular flexibility index (Phi) is 4.86. The molecule has 0 saturated heterocycles. The molecule has 1 unspecified atom stereocenters. The Bertz CT molecular complexity index is 566. The van der Waals surface area contributed by atoms with Crippen LogP contribution >= 0.6 is 34.2 Å². The third kappa shape index (κ3) is 3.49. The van der Waals surface area contributed by atoms with E-state index < -0.39 is 0 Å². The number of aromatic nitrogens is 2. The Morgan fingerprint density at radius 1 is 1.42 bits per heavy atom. The second-order valence-electron chi connectivity index (χ2n) is 5.02. The molecule has 0 saturated carbocycles. The largest absolute Gasteiger partial charge is 0.323 e. The Labute approximate surface area is 132 Å². The number of hydrogen-bond donors (Lipinski definition) is 1. The van der Waals surface area contributed by atoms with Gasteiger partial charge in [-0.25, -0.2) is 4.98 Å². The molecular weight excluding hydrogens is 373 g/mol. The van der Waals surface area contributed by atoms with Gasteiger partial charge in [0, 0.05) is 9.61 Å². The summed E-state index contributed by atoms with van der Waals surface area (Å²) in [5.74, 6) is 0.547. The molecule has 2 aromatic rings. The summed E-state index contributed by atoms with van der Waals surface area (Å²) in [7, 11) is 0. The Balaban J connectivity index is 2.38. The summed E-state index contributed by atoms with van der Waals surface area (Å²) in [6.07, 6.45) is 4.51. The highest BCUT2D eigenvalue weighted by Crippen LogP contribution is 2.27. The number of benzene rings is 1. The average molecular weight is 390 g/mol. The zero-order valence-electron chi connectivity index (χ0n) is 11.0. The molecule has 2 N–H and O–H groups in total. The van der Waals surface area contributed by atoms with Crippen LogP contribution in [-0.2, 0) is 0 Å². The molecule has 5 heteroatoms. The first-order chi connectivity index (χ1) is 8.99. The minimum Gasteiger partial charge on any atom is -0.323 e. The van der Waals surface area contributed by atoms with Gasteiger partial charge in [-0.1, -0.05) is 25.4 Å². The van der Waals surface area contributed by atoms with Gasteiger partial charge in [0.15, 0.2) is 0 Å². The predicted octanol–water partition coefficient (Wildman–Crippen LogP) is 4.18. The summed E-state index contributed by atoms with van der Waals surface area (Å²) in [5.41, 5.74) is 8.17. The monoisotopic (exact) mass is 389 g/mol. The number of nitrogens with zero attached hydrogens (tertiary/aromatic N) is 2. The lowest BCUT2D eigenvalue weighted by Gasteiger charge is -2.17. The van der Waals surface area contributed by atoms with Gasteiger partial charge >= 0.3 is 0 Å². The van der Waals surface area contributed by atoms with E-state index in [4.69, 9.17) is 17.3 Å². The SMILES string of the molecule is CC(C)CC(N)c1cncn1-c1ccc(I)cc1Cl. The van der Waals surface area contributed by atoms with Crippen LogP contribution in [0.3, 0.4) is 0 Å². The van der Waals surface area contributed by atoms with Gasteiger partial charge in [-0.15, -0.1) is 0 Å². The van der Waals surface area contributed by atoms with Crippen LogP contribution in [0, 0.1) is 9.49 Å². The van der Waals surface area contributed by atoms with Crippen molar-refractivity contribution in [1.82, 2.24) is 9.55 Å². The summed E-state index contributed by atoms with van der Waals surface area (Å²) >= 11 is 8.55. The number of imidazole rings is 1. The Morgan fingerprint density at radius 3 is 2.79 bits per heavy atom. The molecular formula is C14H17ClIN3. The molecule has 0 aliphatic carbocycles. The number of nitrogens with two attached hydrogens (primary N) is 1. The van der Waals surface area contributed by atoms with E-state index in [2.05, 4.69) is 41.4 Å². The maximum Gasteiger partial charge on any atom is 0.0995 e. The number of hydrogen-bond acceptors (Lipinski definition) is 2. The second-order valence-corrected chi connectivity index (χ2v) is 6.67. The highest BCUT2D eigenvalue weighted by atomic mass is 127. The standard InChI is InChI=1S/C14H17ClIN3/c1-9(2)5-12(17)14-7-18-8-19(14)13-4-3-10(16)6-11(13)15/h3-4,6-9,12H,5,17H2,1-2H3. The van der Waals surface area contributed by atoms with Crippen LogP contribution < -0.4 is 5.73 Å². The summed E-state index contributed by atoms with van der Waals surface area (Å²) in [6.45, 7) is 4.33. The van der Waals surface area contributed by atoms with E-state index in [0.29, 0.717) is 10.9 Å². The van der Waals surface area contributed by atoms with Gasteiger partial charge in [0.2, 0.25) is 0 Å². The van der Waals surface area contributed by atoms with E-state index >= 15 is 0 Å². The highest BCUT2D eigenvalue weighted by molar-refractivity contribution is 14.1. The van der Waals surface area contributed by atoms with Crippen molar-refractivity contribution in [2.45, 2.75) is 26.3 Å². The normalized spacial score (nSPS) is 12.9. The zero-order chi connectivity index (χ0) is 14.0. The molecule has 1 aromatic carbocycles. The van der Waals surface area contributed by atoms with E-state index in [9.17, 15) is 0 Å². The van der Waals surface area contributed by atoms with E-state index in [-0.39, 0.29) is 6.04 Å². The fourth-order valence-corrected chi connectivity index (χ4v) is 3.03. The van der Waals surface area contributed by atoms with Crippen LogP contribution in [0.1, 0.15) is 32.0 Å². The average Bonchev–Trinajstić information content (AvgIpc) is 2.76. The van der Waals surface area contributed by atoms with Crippen molar-refractivity contribution >= 4 is 34.2 Å². The van der Waals surface area contributed by atoms with Gasteiger partial charge in [0.05, 0.1) is 28.9 Å². The topological polar surface area (TPSA) is 43.8 Å². The molecule has 0 aliphatic heterocycles. The molecule has 0 aliphatic rings. The number of rotatable bonds is 4. The molecule has 0 radical (unpaired) electrons. The molecule has 3 nitrogen and oxygen atoms in total. The predicted molar refractivity (Wildman–Crippen MR) is 87.7 cm³/mol. The van der Waals surface area contributed by atoms with Crippen molar-refractivity contribution in [3.8, 4) is 5.69 Å². The lowest BCUT2D eigenvalue weighted by atomic mass is 10.0. The Morgan fingerprint density at radius 2 is 2.16 bits per heavy atom. The van der Waals surface area contributed by atoms with Crippen LogP contribution in [0.4, 0.5) is 0 Å². The van der Waals surface area contributed by atoms with Crippen molar-refractivity contribution in [2.24, 2.45) is 11.7 Å². The second kappa shape index (κ2) is 6.24. The molecule has 2 rings (SSSR count). The van der Waals surface area contributed by atoms with Gasteiger partial charge in [0.25, 0.3) is 0 Å². The van der Waals surface area contributed by atoms with Crippen LogP contribution in [-0.4, -0.2) is 9.55 Å². The van der Waals surface area contributed by atoms with Crippen LogP contribution in [0.25, 0.3) is 5.69 Å². The third-order valence-corrected chi connectivity index (χ3v) is 3.92. The van der Waals surface area contributed by atoms with Gasteiger partial charge in [-0.2, -0.15) is 0 Å². The van der Waals surface area contributed by atoms with E-state index in [1.54, 1.807) is 6.33 Å². The zero-order valence-corrected chi connectivity index (χ0v) is 13.9. The maximum absolute atomic E-state index is 6.31. The smallest absolute Gasteiger partial charge is 0.0995 e. The molecule has 0 spiro atoms. The maximum atomic E-state index is 6.31. The van der Waals surface area contributed by atoms with E-state index in [1.807, 2.05) is 29.0 Å². The summed E-state index contributed by atoms with van der Waals surface area (Å²) in [5, 5.41) is 0.711. The molecule has 0 fully saturated rings. The van der Waals surface area contributed by atoms with E-state index in [0.717, 1.165) is 21.4 Å². The van der Waals surface area contributed by atoms with Crippen molar-refractivity contribution in [3.05, 3.63) is 45.0 Å². The van der Waals surface area contributed by atoms with Crippen molar-refractivity contribution in [3.63, 3.8) is 0 Å². The highest BCUT2D eigenvalue weighted by Gasteiger charge is 2.15. The summed E-state index contributed by atoms with van der Waals surface area (Å²) < 4.78 is 3.09. The van der Waals surface area contributed by atoms with Crippen LogP contribution in [0.15, 0.2) is 30.7 Å². The van der Waals surface area contributed by atoms with Crippen LogP contribution in [0.5, 0.6) is 0 Å². The third-order valence-electron chi connectivity index (χ3n) is 2.94. The molecule has 102 valence electrons. The quantitative estimate of drug-likeness (QED) is 0.797. The minimum absolute atomic E-state index is 0.0298. The fraction of sp³-hybridized carbons (Fsp3) is 0.357. The van der Waals surface area contributed by atoms with Gasteiger partial charge in [0.1, 0.15) is 0 Å². The first-order valence-electron chi connectivity index (χ1n) is 6.22. The first kappa shape index (κ1) is 14.8. The van der Waals surface area contributed by atoms with Gasteiger partial charge < -0.3 is 10.3 Å². The molecule has 1 atom stereocenters. The summed E-state index contributed by atoms with van der Waals surface area (Å²) in [4.78, 5) is 4.21. The first-order valence-corrected chi connectivity index (χ1v) is 7.68. The summed E-state index contributed by atoms with van der Waals surface area (Å²) in [6, 6.07) is 5.93. The molecule has 0 amide bonds. The van der Waals surface area contributed by atoms with Crippen molar-refractivity contribution < 1.29 is 0 Å². The van der Waals surface area contributed by atoms with Crippen molar-refractivity contribution in [2.75, 3.05) is 0 Å². The number of halogens is 2. The van der Waals surface area contributed by atoms with Gasteiger partial charge in [-0.05, 0) is 53.1 Å². The minimum atomic E-state index is -0.0298. The Hall–Kier alpha value is -0.590. The lowest BCUT2D eigenvalue weighted by Crippen LogP contribution is -2.16. The molecule has 1 heterocycles. The molecule has 19 heavy (non-hydrogen) atoms. The van der Waals surface area contributed by atoms with E-state index in [1.165, 1.54) is 0 Å². The molecule has 0 bridgehead atoms. The van der Waals surface area contributed by atoms with Crippen molar-refractivity contribution in [1.29, 1.82) is 0 Å². The molecule has 1 aromatic heterocycles. The lowest BCUT2D eigenvalue weighted by molar-refractivity contribution is 0.498. The van der Waals surface area contributed by atoms with Crippen LogP contribution in [0.2, 0.25) is 5.02 Å². The fourth-order valence-electron chi connectivity index (χ4n) is 2.09.